The predicted octanol–water partition coefficient (Wildman–Crippen LogP) is 4.51. The second kappa shape index (κ2) is 7.85. The number of aromatic nitrogens is 1. The first-order valence-corrected chi connectivity index (χ1v) is 11.8. The van der Waals surface area contributed by atoms with Gasteiger partial charge in [-0.25, -0.2) is 8.42 Å². The van der Waals surface area contributed by atoms with Gasteiger partial charge < -0.3 is 4.74 Å². The van der Waals surface area contributed by atoms with E-state index in [9.17, 15) is 8.42 Å². The Morgan fingerprint density at radius 2 is 1.50 bits per heavy atom. The number of sulfonamides is 1. The van der Waals surface area contributed by atoms with E-state index in [1.165, 1.54) is 0 Å². The van der Waals surface area contributed by atoms with E-state index in [0.29, 0.717) is 4.90 Å². The number of hydrogen-bond donors (Lipinski definition) is 0. The normalized spacial score (nSPS) is 23.9. The lowest BCUT2D eigenvalue weighted by molar-refractivity contribution is 0.0956. The summed E-state index contributed by atoms with van der Waals surface area (Å²) in [7, 11) is -3.56. The number of piperidine rings is 1. The van der Waals surface area contributed by atoms with Crippen molar-refractivity contribution < 1.29 is 13.2 Å². The summed E-state index contributed by atoms with van der Waals surface area (Å²) < 4.78 is 35.0. The van der Waals surface area contributed by atoms with Crippen LogP contribution >= 0.6 is 0 Å². The molecular formula is C24H24N2O3S. The minimum atomic E-state index is -3.56. The molecule has 0 saturated carbocycles. The summed E-state index contributed by atoms with van der Waals surface area (Å²) in [4.78, 5) is 4.39. The van der Waals surface area contributed by atoms with Gasteiger partial charge in [0.2, 0.25) is 10.0 Å². The van der Waals surface area contributed by atoms with Gasteiger partial charge in [-0.3, -0.25) is 4.98 Å². The van der Waals surface area contributed by atoms with Gasteiger partial charge in [0.15, 0.2) is 0 Å². The number of fused-ring (bicyclic) bond motifs is 2. The molecular weight excluding hydrogens is 396 g/mol. The molecule has 154 valence electrons. The van der Waals surface area contributed by atoms with Crippen LogP contribution in [0.5, 0.6) is 5.75 Å². The monoisotopic (exact) mass is 420 g/mol. The van der Waals surface area contributed by atoms with Crippen LogP contribution in [0.2, 0.25) is 0 Å². The van der Waals surface area contributed by atoms with Crippen molar-refractivity contribution in [2.24, 2.45) is 0 Å². The molecule has 6 heteroatoms. The van der Waals surface area contributed by atoms with E-state index in [1.807, 2.05) is 54.6 Å². The summed E-state index contributed by atoms with van der Waals surface area (Å²) >= 11 is 0. The van der Waals surface area contributed by atoms with Crippen molar-refractivity contribution in [1.82, 2.24) is 9.29 Å². The molecule has 2 aliphatic rings. The minimum absolute atomic E-state index is 0.0130. The first-order valence-electron chi connectivity index (χ1n) is 10.4. The number of rotatable bonds is 5. The molecule has 2 unspecified atom stereocenters. The summed E-state index contributed by atoms with van der Waals surface area (Å²) in [5, 5.41) is 0. The molecule has 5 rings (SSSR count). The Kier molecular flexibility index (Phi) is 5.05. The van der Waals surface area contributed by atoms with E-state index in [-0.39, 0.29) is 18.2 Å². The van der Waals surface area contributed by atoms with Crippen molar-refractivity contribution in [2.45, 2.75) is 48.8 Å². The molecule has 30 heavy (non-hydrogen) atoms. The Balaban J connectivity index is 1.38. The lowest BCUT2D eigenvalue weighted by Gasteiger charge is -2.37. The van der Waals surface area contributed by atoms with E-state index in [4.69, 9.17) is 4.74 Å². The fourth-order valence-corrected chi connectivity index (χ4v) is 6.71. The van der Waals surface area contributed by atoms with E-state index in [0.717, 1.165) is 42.6 Å². The van der Waals surface area contributed by atoms with E-state index < -0.39 is 10.0 Å². The third-order valence-corrected chi connectivity index (χ3v) is 8.09. The molecule has 2 saturated heterocycles. The molecule has 0 N–H and O–H groups in total. The van der Waals surface area contributed by atoms with Gasteiger partial charge in [0, 0.05) is 37.3 Å². The van der Waals surface area contributed by atoms with E-state index in [1.54, 1.807) is 28.8 Å². The molecule has 0 aliphatic carbocycles. The maximum absolute atomic E-state index is 13.6. The van der Waals surface area contributed by atoms with Crippen molar-refractivity contribution in [3.63, 3.8) is 0 Å². The number of pyridine rings is 1. The predicted molar refractivity (Wildman–Crippen MR) is 116 cm³/mol. The Morgan fingerprint density at radius 3 is 2.20 bits per heavy atom. The SMILES string of the molecule is O=S(=O)(c1cccc(-c2ccccc2)c1)N1C2CCC1CC(Oc1ccncc1)C2. The molecule has 0 radical (unpaired) electrons. The fourth-order valence-electron chi connectivity index (χ4n) is 4.77. The van der Waals surface area contributed by atoms with Gasteiger partial charge in [0.25, 0.3) is 0 Å². The summed E-state index contributed by atoms with van der Waals surface area (Å²) in [6.45, 7) is 0. The molecule has 3 aromatic rings. The zero-order chi connectivity index (χ0) is 20.6. The second-order valence-corrected chi connectivity index (χ2v) is 9.85. The van der Waals surface area contributed by atoms with Gasteiger partial charge in [-0.1, -0.05) is 42.5 Å². The van der Waals surface area contributed by atoms with Gasteiger partial charge in [-0.05, 0) is 48.2 Å². The van der Waals surface area contributed by atoms with Crippen LogP contribution in [0.1, 0.15) is 25.7 Å². The molecule has 5 nitrogen and oxygen atoms in total. The maximum atomic E-state index is 13.6. The lowest BCUT2D eigenvalue weighted by Crippen LogP contribution is -2.49. The van der Waals surface area contributed by atoms with Crippen LogP contribution in [0.25, 0.3) is 11.1 Å². The van der Waals surface area contributed by atoms with Gasteiger partial charge in [0.1, 0.15) is 11.9 Å². The number of nitrogens with zero attached hydrogens (tertiary/aromatic N) is 2. The van der Waals surface area contributed by atoms with Gasteiger partial charge in [-0.2, -0.15) is 4.31 Å². The standard InChI is InChI=1S/C24H24N2O3S/c27-30(28,24-8-4-7-19(15-24)18-5-2-1-3-6-18)26-20-9-10-21(26)17-23(16-20)29-22-11-13-25-14-12-22/h1-8,11-15,20-21,23H,9-10,16-17H2. The van der Waals surface area contributed by atoms with Crippen molar-refractivity contribution in [2.75, 3.05) is 0 Å². The zero-order valence-corrected chi connectivity index (χ0v) is 17.4. The highest BCUT2D eigenvalue weighted by molar-refractivity contribution is 7.89. The van der Waals surface area contributed by atoms with Crippen LogP contribution in [-0.4, -0.2) is 35.9 Å². The van der Waals surface area contributed by atoms with E-state index in [2.05, 4.69) is 4.98 Å². The Labute approximate surface area is 177 Å². The molecule has 2 aliphatic heterocycles. The van der Waals surface area contributed by atoms with Crippen LogP contribution in [0.3, 0.4) is 0 Å². The molecule has 2 bridgehead atoms. The minimum Gasteiger partial charge on any atom is -0.490 e. The summed E-state index contributed by atoms with van der Waals surface area (Å²) in [5.41, 5.74) is 1.93. The van der Waals surface area contributed by atoms with Crippen LogP contribution < -0.4 is 4.74 Å². The molecule has 2 fully saturated rings. The molecule has 0 spiro atoms. The van der Waals surface area contributed by atoms with Crippen LogP contribution in [0, 0.1) is 0 Å². The number of ether oxygens (including phenoxy) is 1. The average molecular weight is 421 g/mol. The first kappa shape index (κ1) is 19.3. The topological polar surface area (TPSA) is 59.5 Å². The maximum Gasteiger partial charge on any atom is 0.243 e. The lowest BCUT2D eigenvalue weighted by atomic mass is 10.0. The molecule has 2 aromatic carbocycles. The third-order valence-electron chi connectivity index (χ3n) is 6.09. The number of hydrogen-bond acceptors (Lipinski definition) is 4. The second-order valence-electron chi connectivity index (χ2n) is 8.01. The van der Waals surface area contributed by atoms with Crippen molar-refractivity contribution in [1.29, 1.82) is 0 Å². The van der Waals surface area contributed by atoms with Crippen molar-refractivity contribution >= 4 is 10.0 Å². The highest BCUT2D eigenvalue weighted by Gasteiger charge is 2.47. The van der Waals surface area contributed by atoms with Crippen molar-refractivity contribution in [3.8, 4) is 16.9 Å². The Morgan fingerprint density at radius 1 is 0.833 bits per heavy atom. The first-order chi connectivity index (χ1) is 14.6. The van der Waals surface area contributed by atoms with Crippen LogP contribution in [0.15, 0.2) is 84.0 Å². The Hall–Kier alpha value is -2.70. The highest BCUT2D eigenvalue weighted by atomic mass is 32.2. The number of benzene rings is 2. The van der Waals surface area contributed by atoms with Gasteiger partial charge in [-0.15, -0.1) is 0 Å². The fraction of sp³-hybridized carbons (Fsp3) is 0.292. The highest BCUT2D eigenvalue weighted by Crippen LogP contribution is 2.41. The molecule has 0 amide bonds. The quantitative estimate of drug-likeness (QED) is 0.609. The summed E-state index contributed by atoms with van der Waals surface area (Å²) in [6, 6.07) is 20.8. The summed E-state index contributed by atoms with van der Waals surface area (Å²) in [6.07, 6.45) is 6.67. The van der Waals surface area contributed by atoms with Crippen LogP contribution in [0.4, 0.5) is 0 Å². The van der Waals surface area contributed by atoms with Gasteiger partial charge in [0.05, 0.1) is 4.90 Å². The van der Waals surface area contributed by atoms with Crippen LogP contribution in [-0.2, 0) is 10.0 Å². The van der Waals surface area contributed by atoms with Crippen molar-refractivity contribution in [3.05, 3.63) is 79.1 Å². The zero-order valence-electron chi connectivity index (χ0n) is 16.6. The average Bonchev–Trinajstić information content (AvgIpc) is 3.07. The Bertz CT molecular complexity index is 1110. The van der Waals surface area contributed by atoms with E-state index >= 15 is 0 Å². The smallest absolute Gasteiger partial charge is 0.243 e. The molecule has 2 atom stereocenters. The largest absolute Gasteiger partial charge is 0.490 e. The molecule has 1 aromatic heterocycles. The summed E-state index contributed by atoms with van der Waals surface area (Å²) in [5.74, 6) is 0.793. The van der Waals surface area contributed by atoms with Gasteiger partial charge >= 0.3 is 0 Å². The third kappa shape index (κ3) is 3.61. The molecule has 3 heterocycles.